The zero-order valence-electron chi connectivity index (χ0n) is 15.5. The number of carbonyl (C=O) groups is 1. The van der Waals surface area contributed by atoms with Crippen molar-refractivity contribution in [1.29, 1.82) is 0 Å². The monoisotopic (exact) mass is 403 g/mol. The van der Waals surface area contributed by atoms with E-state index in [1.807, 2.05) is 0 Å². The number of carbonyl (C=O) groups excluding carboxylic acids is 1. The van der Waals surface area contributed by atoms with Crippen LogP contribution in [0.1, 0.15) is 10.4 Å². The number of hydrogen-bond acceptors (Lipinski definition) is 5. The number of benzene rings is 1. The summed E-state index contributed by atoms with van der Waals surface area (Å²) in [5.74, 6) is -0.446. The normalized spacial score (nSPS) is 10.5. The van der Waals surface area contributed by atoms with Crippen molar-refractivity contribution in [2.45, 2.75) is 0 Å². The maximum Gasteiger partial charge on any atom is 0.255 e. The van der Waals surface area contributed by atoms with Crippen LogP contribution in [0.3, 0.4) is 0 Å². The molecule has 6 nitrogen and oxygen atoms in total. The summed E-state index contributed by atoms with van der Waals surface area (Å²) < 4.78 is 27.0. The number of rotatable bonds is 5. The Kier molecular flexibility index (Phi) is 5.38. The van der Waals surface area contributed by atoms with Gasteiger partial charge in [0.05, 0.1) is 18.1 Å². The molecule has 3 heterocycles. The van der Waals surface area contributed by atoms with Crippen molar-refractivity contribution in [3.63, 3.8) is 0 Å². The van der Waals surface area contributed by atoms with E-state index in [4.69, 9.17) is 0 Å². The molecule has 0 atom stereocenters. The van der Waals surface area contributed by atoms with Crippen molar-refractivity contribution in [2.75, 3.05) is 10.6 Å². The Labute approximate surface area is 170 Å². The first-order valence-corrected chi connectivity index (χ1v) is 8.94. The summed E-state index contributed by atoms with van der Waals surface area (Å²) in [6.45, 7) is 0. The van der Waals surface area contributed by atoms with Crippen molar-refractivity contribution in [3.05, 3.63) is 96.6 Å². The van der Waals surface area contributed by atoms with E-state index < -0.39 is 5.82 Å². The van der Waals surface area contributed by atoms with Gasteiger partial charge in [0.25, 0.3) is 5.91 Å². The average Bonchev–Trinajstić information content (AvgIpc) is 2.76. The lowest BCUT2D eigenvalue weighted by Crippen LogP contribution is -2.12. The van der Waals surface area contributed by atoms with Crippen molar-refractivity contribution in [1.82, 2.24) is 15.0 Å². The Morgan fingerprint density at radius 3 is 2.53 bits per heavy atom. The van der Waals surface area contributed by atoms with Crippen LogP contribution >= 0.6 is 0 Å². The lowest BCUT2D eigenvalue weighted by Gasteiger charge is -2.09. The molecule has 148 valence electrons. The minimum atomic E-state index is -0.451. The number of amides is 1. The van der Waals surface area contributed by atoms with Gasteiger partial charge in [-0.15, -0.1) is 0 Å². The smallest absolute Gasteiger partial charge is 0.255 e. The summed E-state index contributed by atoms with van der Waals surface area (Å²) in [7, 11) is 0. The van der Waals surface area contributed by atoms with Crippen LogP contribution in [0.4, 0.5) is 26.1 Å². The van der Waals surface area contributed by atoms with Crippen LogP contribution in [0.25, 0.3) is 11.1 Å². The third-order valence-corrected chi connectivity index (χ3v) is 4.19. The van der Waals surface area contributed by atoms with Crippen LogP contribution in [0, 0.1) is 11.6 Å². The number of nitrogens with one attached hydrogen (secondary N) is 2. The standard InChI is InChI=1S/C22H15F2N5O/c23-16-5-6-20(27-12-16)29-21-10-14(7-8-26-21)22(30)28-17-9-15(11-25-13-17)18-3-1-2-4-19(18)24/h1-13H,(H,28,30)(H,26,27,29). The Hall–Kier alpha value is -4.20. The number of pyridine rings is 3. The van der Waals surface area contributed by atoms with E-state index in [-0.39, 0.29) is 11.7 Å². The van der Waals surface area contributed by atoms with Gasteiger partial charge >= 0.3 is 0 Å². The third kappa shape index (κ3) is 4.44. The Morgan fingerprint density at radius 2 is 1.73 bits per heavy atom. The summed E-state index contributed by atoms with van der Waals surface area (Å²) in [6, 6.07) is 13.8. The largest absolute Gasteiger partial charge is 0.325 e. The van der Waals surface area contributed by atoms with Gasteiger partial charge in [-0.25, -0.2) is 18.7 Å². The number of aromatic nitrogens is 3. The Balaban J connectivity index is 1.51. The molecule has 0 saturated heterocycles. The van der Waals surface area contributed by atoms with Gasteiger partial charge in [0, 0.05) is 29.1 Å². The van der Waals surface area contributed by atoms with Gasteiger partial charge in [-0.05, 0) is 36.4 Å². The SMILES string of the molecule is O=C(Nc1cncc(-c2ccccc2F)c1)c1ccnc(Nc2ccc(F)cn2)c1. The van der Waals surface area contributed by atoms with Crippen LogP contribution in [0.15, 0.2) is 79.4 Å². The van der Waals surface area contributed by atoms with E-state index in [9.17, 15) is 13.6 Å². The van der Waals surface area contributed by atoms with Gasteiger partial charge in [0.1, 0.15) is 23.3 Å². The van der Waals surface area contributed by atoms with Gasteiger partial charge in [0.2, 0.25) is 0 Å². The Morgan fingerprint density at radius 1 is 0.867 bits per heavy atom. The molecule has 0 radical (unpaired) electrons. The molecule has 0 spiro atoms. The van der Waals surface area contributed by atoms with E-state index in [2.05, 4.69) is 25.6 Å². The number of anilines is 3. The molecule has 0 aliphatic rings. The minimum Gasteiger partial charge on any atom is -0.325 e. The highest BCUT2D eigenvalue weighted by Gasteiger charge is 2.10. The summed E-state index contributed by atoms with van der Waals surface area (Å²) >= 11 is 0. The van der Waals surface area contributed by atoms with Crippen LogP contribution in [0.2, 0.25) is 0 Å². The maximum absolute atomic E-state index is 14.0. The van der Waals surface area contributed by atoms with Crippen LogP contribution in [-0.2, 0) is 0 Å². The molecule has 1 aromatic carbocycles. The van der Waals surface area contributed by atoms with Gasteiger partial charge in [-0.1, -0.05) is 18.2 Å². The highest BCUT2D eigenvalue weighted by molar-refractivity contribution is 6.04. The fourth-order valence-electron chi connectivity index (χ4n) is 2.78. The molecule has 0 aliphatic heterocycles. The van der Waals surface area contributed by atoms with Gasteiger partial charge in [-0.2, -0.15) is 0 Å². The highest BCUT2D eigenvalue weighted by Crippen LogP contribution is 2.24. The first-order valence-electron chi connectivity index (χ1n) is 8.94. The second-order valence-electron chi connectivity index (χ2n) is 6.31. The second kappa shape index (κ2) is 8.44. The van der Waals surface area contributed by atoms with E-state index in [1.165, 1.54) is 42.9 Å². The molecule has 2 N–H and O–H groups in total. The molecule has 4 aromatic rings. The molecule has 0 fully saturated rings. The van der Waals surface area contributed by atoms with Crippen molar-refractivity contribution < 1.29 is 13.6 Å². The van der Waals surface area contributed by atoms with E-state index in [0.717, 1.165) is 6.20 Å². The molecule has 4 rings (SSSR count). The van der Waals surface area contributed by atoms with Crippen LogP contribution in [-0.4, -0.2) is 20.9 Å². The van der Waals surface area contributed by atoms with Gasteiger partial charge in [-0.3, -0.25) is 9.78 Å². The average molecular weight is 403 g/mol. The number of hydrogen-bond donors (Lipinski definition) is 2. The molecule has 0 saturated carbocycles. The first kappa shape index (κ1) is 19.1. The summed E-state index contributed by atoms with van der Waals surface area (Å²) in [5, 5.41) is 5.65. The lowest BCUT2D eigenvalue weighted by atomic mass is 10.1. The first-order chi connectivity index (χ1) is 14.6. The fourth-order valence-corrected chi connectivity index (χ4v) is 2.78. The van der Waals surface area contributed by atoms with E-state index in [0.29, 0.717) is 34.0 Å². The third-order valence-electron chi connectivity index (χ3n) is 4.19. The maximum atomic E-state index is 14.0. The van der Waals surface area contributed by atoms with Crippen molar-refractivity contribution in [3.8, 4) is 11.1 Å². The van der Waals surface area contributed by atoms with Gasteiger partial charge < -0.3 is 10.6 Å². The lowest BCUT2D eigenvalue weighted by molar-refractivity contribution is 0.102. The Bertz CT molecular complexity index is 1200. The molecular formula is C22H15F2N5O. The van der Waals surface area contributed by atoms with Crippen LogP contribution in [0.5, 0.6) is 0 Å². The minimum absolute atomic E-state index is 0.339. The molecular weight excluding hydrogens is 388 g/mol. The topological polar surface area (TPSA) is 79.8 Å². The van der Waals surface area contributed by atoms with Crippen molar-refractivity contribution in [2.24, 2.45) is 0 Å². The molecule has 3 aromatic heterocycles. The molecule has 0 aliphatic carbocycles. The molecule has 1 amide bonds. The van der Waals surface area contributed by atoms with E-state index >= 15 is 0 Å². The van der Waals surface area contributed by atoms with E-state index in [1.54, 1.807) is 30.3 Å². The quantitative estimate of drug-likeness (QED) is 0.500. The van der Waals surface area contributed by atoms with Crippen LogP contribution < -0.4 is 10.6 Å². The summed E-state index contributed by atoms with van der Waals surface area (Å²) in [6.07, 6.45) is 5.55. The molecule has 0 unspecified atom stereocenters. The summed E-state index contributed by atoms with van der Waals surface area (Å²) in [5.41, 5.74) is 1.70. The van der Waals surface area contributed by atoms with Crippen molar-refractivity contribution >= 4 is 23.2 Å². The predicted molar refractivity (Wildman–Crippen MR) is 109 cm³/mol. The number of halogens is 2. The highest BCUT2D eigenvalue weighted by atomic mass is 19.1. The molecule has 30 heavy (non-hydrogen) atoms. The molecule has 0 bridgehead atoms. The second-order valence-corrected chi connectivity index (χ2v) is 6.31. The zero-order valence-corrected chi connectivity index (χ0v) is 15.5. The molecule has 8 heteroatoms. The number of nitrogens with zero attached hydrogens (tertiary/aromatic N) is 3. The summed E-state index contributed by atoms with van der Waals surface area (Å²) in [4.78, 5) is 24.8. The fraction of sp³-hybridized carbons (Fsp3) is 0. The zero-order chi connectivity index (χ0) is 20.9. The predicted octanol–water partition coefficient (Wildman–Crippen LogP) is 4.81. The van der Waals surface area contributed by atoms with Gasteiger partial charge in [0.15, 0.2) is 0 Å².